The number of fused-ring (bicyclic) bond motifs is 5. The Hall–Kier alpha value is -3.35. The highest BCUT2D eigenvalue weighted by molar-refractivity contribution is 6.08. The Morgan fingerprint density at radius 3 is 2.52 bits per heavy atom. The van der Waals surface area contributed by atoms with Crippen LogP contribution in [0.4, 0.5) is 5.69 Å². The van der Waals surface area contributed by atoms with Crippen molar-refractivity contribution in [3.63, 3.8) is 0 Å². The molecule has 33 heavy (non-hydrogen) atoms. The molecule has 2 fully saturated rings. The summed E-state index contributed by atoms with van der Waals surface area (Å²) in [4.78, 5) is 37.9. The van der Waals surface area contributed by atoms with E-state index in [0.717, 1.165) is 35.6 Å². The number of Topliss-reactive ketones (excluding diaryl/α,β-unsaturated/α-hetero) is 1. The van der Waals surface area contributed by atoms with E-state index in [-0.39, 0.29) is 17.8 Å². The van der Waals surface area contributed by atoms with Gasteiger partial charge in [-0.15, -0.1) is 0 Å². The second-order valence-electron chi connectivity index (χ2n) is 9.11. The second-order valence-corrected chi connectivity index (χ2v) is 9.11. The van der Waals surface area contributed by atoms with Crippen LogP contribution in [0.15, 0.2) is 40.8 Å². The molecule has 2 aliphatic carbocycles. The molecule has 2 bridgehead atoms. The molecule has 7 nitrogen and oxygen atoms in total. The van der Waals surface area contributed by atoms with Crippen LogP contribution >= 0.6 is 0 Å². The Morgan fingerprint density at radius 1 is 1.06 bits per heavy atom. The molecule has 1 amide bonds. The van der Waals surface area contributed by atoms with Crippen molar-refractivity contribution in [3.05, 3.63) is 36.4 Å². The van der Waals surface area contributed by atoms with E-state index in [4.69, 9.17) is 13.9 Å². The van der Waals surface area contributed by atoms with Crippen LogP contribution in [0.1, 0.15) is 39.0 Å². The average Bonchev–Trinajstić information content (AvgIpc) is 3.15. The maximum Gasteiger partial charge on any atom is 0.309 e. The summed E-state index contributed by atoms with van der Waals surface area (Å²) in [7, 11) is 1.53. The van der Waals surface area contributed by atoms with E-state index in [0.29, 0.717) is 35.6 Å². The summed E-state index contributed by atoms with van der Waals surface area (Å²) in [6.45, 7) is 1.55. The van der Waals surface area contributed by atoms with Crippen molar-refractivity contribution in [2.75, 3.05) is 12.4 Å². The predicted molar refractivity (Wildman–Crippen MR) is 123 cm³/mol. The first-order valence-corrected chi connectivity index (χ1v) is 11.5. The zero-order chi connectivity index (χ0) is 23.1. The fraction of sp³-hybridized carbons (Fsp3) is 0.423. The van der Waals surface area contributed by atoms with Gasteiger partial charge in [-0.25, -0.2) is 0 Å². The van der Waals surface area contributed by atoms with Gasteiger partial charge in [0.15, 0.2) is 6.10 Å². The molecule has 7 heteroatoms. The number of ether oxygens (including phenoxy) is 2. The topological polar surface area (TPSA) is 94.8 Å². The number of para-hydroxylation sites is 1. The van der Waals surface area contributed by atoms with Gasteiger partial charge in [0, 0.05) is 28.7 Å². The van der Waals surface area contributed by atoms with Crippen LogP contribution in [-0.4, -0.2) is 30.9 Å². The van der Waals surface area contributed by atoms with Crippen LogP contribution in [0.3, 0.4) is 0 Å². The highest BCUT2D eigenvalue weighted by atomic mass is 16.5. The minimum absolute atomic E-state index is 0.0426. The van der Waals surface area contributed by atoms with Gasteiger partial charge >= 0.3 is 5.97 Å². The molecule has 172 valence electrons. The minimum atomic E-state index is -0.981. The van der Waals surface area contributed by atoms with Gasteiger partial charge in [-0.2, -0.15) is 0 Å². The van der Waals surface area contributed by atoms with E-state index in [2.05, 4.69) is 5.32 Å². The van der Waals surface area contributed by atoms with E-state index >= 15 is 0 Å². The van der Waals surface area contributed by atoms with Crippen LogP contribution in [0.2, 0.25) is 0 Å². The Labute approximate surface area is 191 Å². The van der Waals surface area contributed by atoms with Crippen molar-refractivity contribution in [1.29, 1.82) is 0 Å². The number of ketones is 1. The van der Waals surface area contributed by atoms with Crippen molar-refractivity contribution in [2.24, 2.45) is 17.8 Å². The third-order valence-corrected chi connectivity index (χ3v) is 7.00. The number of hydrogen-bond acceptors (Lipinski definition) is 6. The molecule has 2 aromatic carbocycles. The first kappa shape index (κ1) is 21.5. The highest BCUT2D eigenvalue weighted by Crippen LogP contribution is 2.41. The molecule has 0 radical (unpaired) electrons. The number of methoxy groups -OCH3 is 1. The van der Waals surface area contributed by atoms with E-state index in [1.54, 1.807) is 13.0 Å². The van der Waals surface area contributed by atoms with Gasteiger partial charge in [-0.3, -0.25) is 14.4 Å². The molecule has 0 saturated heterocycles. The molecule has 5 rings (SSSR count). The Kier molecular flexibility index (Phi) is 5.56. The summed E-state index contributed by atoms with van der Waals surface area (Å²) in [5.41, 5.74) is 1.81. The normalized spacial score (nSPS) is 23.3. The maximum absolute atomic E-state index is 12.8. The lowest BCUT2D eigenvalue weighted by Gasteiger charge is -2.36. The molecule has 0 spiro atoms. The van der Waals surface area contributed by atoms with Crippen LogP contribution in [0.5, 0.6) is 5.75 Å². The summed E-state index contributed by atoms with van der Waals surface area (Å²) in [5, 5.41) is 4.64. The van der Waals surface area contributed by atoms with Gasteiger partial charge in [0.2, 0.25) is 0 Å². The van der Waals surface area contributed by atoms with Crippen LogP contribution in [0.25, 0.3) is 21.9 Å². The van der Waals surface area contributed by atoms with Gasteiger partial charge in [-0.1, -0.05) is 24.6 Å². The van der Waals surface area contributed by atoms with Crippen molar-refractivity contribution in [3.8, 4) is 5.75 Å². The number of anilines is 1. The van der Waals surface area contributed by atoms with E-state index in [1.807, 2.05) is 30.3 Å². The lowest BCUT2D eigenvalue weighted by molar-refractivity contribution is -0.161. The van der Waals surface area contributed by atoms with Gasteiger partial charge in [0.05, 0.1) is 18.7 Å². The van der Waals surface area contributed by atoms with E-state index in [1.165, 1.54) is 7.11 Å². The molecule has 2 saturated carbocycles. The Bertz CT molecular complexity index is 1230. The second kappa shape index (κ2) is 8.54. The van der Waals surface area contributed by atoms with Crippen molar-refractivity contribution in [1.82, 2.24) is 0 Å². The van der Waals surface area contributed by atoms with Gasteiger partial charge in [0.1, 0.15) is 22.7 Å². The maximum atomic E-state index is 12.8. The zero-order valence-corrected chi connectivity index (χ0v) is 18.8. The van der Waals surface area contributed by atoms with E-state index < -0.39 is 18.0 Å². The summed E-state index contributed by atoms with van der Waals surface area (Å²) in [5.74, 6) is -0.484. The number of amides is 1. The number of carbonyl (C=O) groups is 3. The van der Waals surface area contributed by atoms with Gasteiger partial charge in [-0.05, 0) is 44.7 Å². The number of nitrogens with one attached hydrogen (secondary N) is 1. The SMILES string of the molecule is COc1cc2c(cc1NC(=O)[C@H](C)OC(=O)C1C[C@H]3CCC[C@@H](C1)C3=O)oc1ccccc12. The molecule has 0 aliphatic heterocycles. The molecular formula is C26H27NO6. The lowest BCUT2D eigenvalue weighted by atomic mass is 9.67. The monoisotopic (exact) mass is 449 g/mol. The first-order valence-electron chi connectivity index (χ1n) is 11.5. The predicted octanol–water partition coefficient (Wildman–Crippen LogP) is 4.86. The molecule has 1 heterocycles. The van der Waals surface area contributed by atoms with E-state index in [9.17, 15) is 14.4 Å². The standard InChI is InChI=1S/C26H27NO6/c1-14(32-26(30)17-10-15-6-5-7-16(11-17)24(15)28)25(29)27-20-13-22-19(12-23(20)31-2)18-8-3-4-9-21(18)33-22/h3-4,8-9,12-17H,5-7,10-11H2,1-2H3,(H,27,29)/t14-,15-,16+,17?/m0/s1. The number of hydrogen-bond donors (Lipinski definition) is 1. The quantitative estimate of drug-likeness (QED) is 0.559. The molecule has 4 atom stereocenters. The molecule has 1 aromatic heterocycles. The van der Waals surface area contributed by atoms with Gasteiger partial charge in [0.25, 0.3) is 5.91 Å². The highest BCUT2D eigenvalue weighted by Gasteiger charge is 2.42. The Morgan fingerprint density at radius 2 is 1.79 bits per heavy atom. The third-order valence-electron chi connectivity index (χ3n) is 7.00. The van der Waals surface area contributed by atoms with Crippen LogP contribution < -0.4 is 10.1 Å². The number of esters is 1. The number of benzene rings is 2. The molecule has 1 N–H and O–H groups in total. The fourth-order valence-corrected chi connectivity index (χ4v) is 5.25. The van der Waals surface area contributed by atoms with Crippen LogP contribution in [-0.2, 0) is 19.1 Å². The minimum Gasteiger partial charge on any atom is -0.495 e. The lowest BCUT2D eigenvalue weighted by Crippen LogP contribution is -2.41. The molecule has 1 unspecified atom stereocenters. The third kappa shape index (κ3) is 3.96. The molecular weight excluding hydrogens is 422 g/mol. The number of rotatable bonds is 5. The van der Waals surface area contributed by atoms with Crippen LogP contribution in [0, 0.1) is 17.8 Å². The zero-order valence-electron chi connectivity index (χ0n) is 18.8. The average molecular weight is 450 g/mol. The van der Waals surface area contributed by atoms with Crippen molar-refractivity contribution < 1.29 is 28.3 Å². The molecule has 3 aromatic rings. The number of carbonyl (C=O) groups excluding carboxylic acids is 3. The summed E-state index contributed by atoms with van der Waals surface area (Å²) >= 11 is 0. The van der Waals surface area contributed by atoms with Gasteiger partial charge < -0.3 is 19.2 Å². The smallest absolute Gasteiger partial charge is 0.309 e. The summed E-state index contributed by atoms with van der Waals surface area (Å²) in [6, 6.07) is 11.2. The fourth-order valence-electron chi connectivity index (χ4n) is 5.25. The first-order chi connectivity index (χ1) is 15.9. The molecule has 2 aliphatic rings. The largest absolute Gasteiger partial charge is 0.495 e. The van der Waals surface area contributed by atoms with Crippen molar-refractivity contribution in [2.45, 2.75) is 45.1 Å². The Balaban J connectivity index is 1.29. The summed E-state index contributed by atoms with van der Waals surface area (Å²) < 4.78 is 16.9. The van der Waals surface area contributed by atoms with Crippen molar-refractivity contribution >= 4 is 45.3 Å². The summed E-state index contributed by atoms with van der Waals surface area (Å²) in [6.07, 6.45) is 2.81. The number of furan rings is 1.